The normalized spacial score (nSPS) is 15.1. The maximum absolute atomic E-state index is 11.5. The molecule has 0 saturated carbocycles. The molecule has 1 aromatic carbocycles. The van der Waals surface area contributed by atoms with Crippen molar-refractivity contribution in [3.63, 3.8) is 0 Å². The second-order valence-electron chi connectivity index (χ2n) is 9.48. The largest absolute Gasteiger partial charge is 0.478 e. The lowest BCUT2D eigenvalue weighted by molar-refractivity contribution is 0.0695. The highest BCUT2D eigenvalue weighted by Crippen LogP contribution is 2.41. The molecule has 4 heterocycles. The number of aromatic nitrogens is 2. The minimum atomic E-state index is -1.03. The number of aromatic carboxylic acids is 1. The number of carboxylic acid groups (broad SMARTS) is 1. The van der Waals surface area contributed by atoms with Crippen molar-refractivity contribution in [3.8, 4) is 11.3 Å². The highest BCUT2D eigenvalue weighted by molar-refractivity contribution is 5.92. The Morgan fingerprint density at radius 2 is 1.94 bits per heavy atom. The molecule has 2 N–H and O–H groups in total. The van der Waals surface area contributed by atoms with Gasteiger partial charge >= 0.3 is 5.97 Å². The van der Waals surface area contributed by atoms with Crippen LogP contribution in [0.5, 0.6) is 0 Å². The zero-order valence-corrected chi connectivity index (χ0v) is 20.0. The van der Waals surface area contributed by atoms with Crippen LogP contribution in [-0.2, 0) is 18.6 Å². The van der Waals surface area contributed by atoms with E-state index < -0.39 is 11.6 Å². The van der Waals surface area contributed by atoms with Gasteiger partial charge in [-0.1, -0.05) is 12.6 Å². The van der Waals surface area contributed by atoms with Crippen molar-refractivity contribution in [2.75, 3.05) is 18.5 Å². The van der Waals surface area contributed by atoms with Gasteiger partial charge in [-0.15, -0.1) is 0 Å². The van der Waals surface area contributed by atoms with Crippen molar-refractivity contribution in [2.24, 2.45) is 4.99 Å². The van der Waals surface area contributed by atoms with Crippen LogP contribution in [0.2, 0.25) is 0 Å². The van der Waals surface area contributed by atoms with Crippen LogP contribution in [0.15, 0.2) is 54.2 Å². The molecule has 5 rings (SSSR count). The number of nitrogens with zero attached hydrogens (tertiary/aromatic N) is 5. The molecule has 8 heteroatoms. The minimum absolute atomic E-state index is 0.279. The SMILES string of the molecule is C=C1c2c(cc(-c3ccc(C(C)(C)O)nc3)nc2N2CCc3ccc(C(=O)O)cc3C2)N=CN1C. The van der Waals surface area contributed by atoms with Crippen molar-refractivity contribution in [1.82, 2.24) is 14.9 Å². The van der Waals surface area contributed by atoms with E-state index in [0.29, 0.717) is 17.9 Å². The molecule has 0 fully saturated rings. The first kappa shape index (κ1) is 22.7. The Hall–Kier alpha value is -4.04. The topological polar surface area (TPSA) is 102 Å². The van der Waals surface area contributed by atoms with Gasteiger partial charge in [-0.05, 0) is 61.7 Å². The van der Waals surface area contributed by atoms with E-state index in [1.165, 1.54) is 0 Å². The van der Waals surface area contributed by atoms with E-state index >= 15 is 0 Å². The van der Waals surface area contributed by atoms with Crippen molar-refractivity contribution in [3.05, 3.63) is 77.1 Å². The van der Waals surface area contributed by atoms with E-state index in [0.717, 1.165) is 52.4 Å². The molecule has 2 aromatic heterocycles. The van der Waals surface area contributed by atoms with Gasteiger partial charge in [0, 0.05) is 37.6 Å². The first-order chi connectivity index (χ1) is 16.6. The average Bonchev–Trinajstić information content (AvgIpc) is 2.84. The maximum Gasteiger partial charge on any atom is 0.335 e. The van der Waals surface area contributed by atoms with E-state index in [4.69, 9.17) is 4.98 Å². The van der Waals surface area contributed by atoms with E-state index in [1.807, 2.05) is 30.1 Å². The molecule has 8 nitrogen and oxygen atoms in total. The Morgan fingerprint density at radius 3 is 2.63 bits per heavy atom. The average molecular weight is 470 g/mol. The van der Waals surface area contributed by atoms with E-state index in [9.17, 15) is 15.0 Å². The lowest BCUT2D eigenvalue weighted by Crippen LogP contribution is -2.33. The summed E-state index contributed by atoms with van der Waals surface area (Å²) >= 11 is 0. The van der Waals surface area contributed by atoms with Gasteiger partial charge in [-0.25, -0.2) is 14.8 Å². The third-order valence-electron chi connectivity index (χ3n) is 6.51. The summed E-state index contributed by atoms with van der Waals surface area (Å²) in [6, 6.07) is 10.9. The molecular formula is C27H27N5O3. The van der Waals surface area contributed by atoms with Crippen LogP contribution in [0.1, 0.15) is 46.6 Å². The lowest BCUT2D eigenvalue weighted by atomic mass is 9.96. The zero-order valence-electron chi connectivity index (χ0n) is 20.0. The van der Waals surface area contributed by atoms with Crippen LogP contribution < -0.4 is 4.90 Å². The standard InChI is InChI=1S/C27H27N5O3/c1-16-24-22(29-15-31(16)4)12-21(19-7-8-23(28-13-19)27(2,3)35)30-25(24)32-10-9-17-5-6-18(26(33)34)11-20(17)14-32/h5-8,11-13,15,35H,1,9-10,14H2,2-4H3,(H,33,34). The number of pyridine rings is 2. The first-order valence-corrected chi connectivity index (χ1v) is 11.4. The van der Waals surface area contributed by atoms with Gasteiger partial charge in [-0.2, -0.15) is 0 Å². The first-order valence-electron chi connectivity index (χ1n) is 11.4. The number of benzene rings is 1. The van der Waals surface area contributed by atoms with Crippen molar-refractivity contribution in [1.29, 1.82) is 0 Å². The molecule has 0 atom stereocenters. The fraction of sp³-hybridized carbons (Fsp3) is 0.259. The number of carboxylic acids is 1. The number of aliphatic hydroxyl groups is 1. The van der Waals surface area contributed by atoms with Gasteiger partial charge < -0.3 is 20.0 Å². The summed E-state index contributed by atoms with van der Waals surface area (Å²) in [7, 11) is 1.90. The molecule has 3 aromatic rings. The smallest absolute Gasteiger partial charge is 0.335 e. The Kier molecular flexibility index (Phi) is 5.40. The van der Waals surface area contributed by atoms with Crippen molar-refractivity contribution in [2.45, 2.75) is 32.4 Å². The van der Waals surface area contributed by atoms with Crippen LogP contribution in [0.4, 0.5) is 11.5 Å². The predicted molar refractivity (Wildman–Crippen MR) is 136 cm³/mol. The second-order valence-corrected chi connectivity index (χ2v) is 9.48. The Balaban J connectivity index is 1.60. The van der Waals surface area contributed by atoms with Crippen LogP contribution >= 0.6 is 0 Å². The third-order valence-corrected chi connectivity index (χ3v) is 6.51. The molecule has 0 spiro atoms. The molecule has 178 valence electrons. The number of fused-ring (bicyclic) bond motifs is 2. The van der Waals surface area contributed by atoms with Crippen LogP contribution in [0.3, 0.4) is 0 Å². The third kappa shape index (κ3) is 4.17. The molecule has 0 unspecified atom stereocenters. The van der Waals surface area contributed by atoms with Gasteiger partial charge in [0.1, 0.15) is 11.4 Å². The molecule has 2 aliphatic heterocycles. The number of rotatable bonds is 4. The molecule has 2 aliphatic rings. The highest BCUT2D eigenvalue weighted by Gasteiger charge is 2.27. The van der Waals surface area contributed by atoms with E-state index in [2.05, 4.69) is 21.5 Å². The number of hydrogen-bond donors (Lipinski definition) is 2. The quantitative estimate of drug-likeness (QED) is 0.590. The number of hydrogen-bond acceptors (Lipinski definition) is 7. The zero-order chi connectivity index (χ0) is 24.9. The maximum atomic E-state index is 11.5. The van der Waals surface area contributed by atoms with E-state index in [-0.39, 0.29) is 5.56 Å². The monoisotopic (exact) mass is 469 g/mol. The van der Waals surface area contributed by atoms with Gasteiger partial charge in [0.2, 0.25) is 0 Å². The lowest BCUT2D eigenvalue weighted by Gasteiger charge is -2.34. The fourth-order valence-electron chi connectivity index (χ4n) is 4.45. The number of anilines is 1. The molecule has 0 bridgehead atoms. The minimum Gasteiger partial charge on any atom is -0.478 e. The van der Waals surface area contributed by atoms with Crippen LogP contribution in [-0.4, -0.2) is 51.0 Å². The van der Waals surface area contributed by atoms with Crippen molar-refractivity contribution >= 4 is 29.5 Å². The summed E-state index contributed by atoms with van der Waals surface area (Å²) in [5.74, 6) is -0.182. The Labute approximate surface area is 203 Å². The van der Waals surface area contributed by atoms with Crippen LogP contribution in [0, 0.1) is 0 Å². The van der Waals surface area contributed by atoms with Crippen LogP contribution in [0.25, 0.3) is 17.0 Å². The summed E-state index contributed by atoms with van der Waals surface area (Å²) in [4.78, 5) is 29.7. The van der Waals surface area contributed by atoms with Gasteiger partial charge in [0.25, 0.3) is 0 Å². The Morgan fingerprint density at radius 1 is 1.14 bits per heavy atom. The summed E-state index contributed by atoms with van der Waals surface area (Å²) in [6.45, 7) is 8.94. The molecule has 0 aliphatic carbocycles. The van der Waals surface area contributed by atoms with Gasteiger partial charge in [0.15, 0.2) is 0 Å². The summed E-state index contributed by atoms with van der Waals surface area (Å²) in [6.07, 6.45) is 4.23. The van der Waals surface area contributed by atoms with Crippen molar-refractivity contribution < 1.29 is 15.0 Å². The Bertz CT molecular complexity index is 1370. The predicted octanol–water partition coefficient (Wildman–Crippen LogP) is 4.21. The second kappa shape index (κ2) is 8.32. The van der Waals surface area contributed by atoms with E-state index in [1.54, 1.807) is 44.6 Å². The molecular weight excluding hydrogens is 442 g/mol. The fourth-order valence-corrected chi connectivity index (χ4v) is 4.45. The molecule has 0 amide bonds. The summed E-state index contributed by atoms with van der Waals surface area (Å²) in [5.41, 5.74) is 5.90. The van der Waals surface area contributed by atoms with Gasteiger partial charge in [0.05, 0.1) is 34.5 Å². The number of carbonyl (C=O) groups is 1. The molecule has 35 heavy (non-hydrogen) atoms. The molecule has 0 radical (unpaired) electrons. The summed E-state index contributed by atoms with van der Waals surface area (Å²) < 4.78 is 0. The highest BCUT2D eigenvalue weighted by atomic mass is 16.4. The summed E-state index contributed by atoms with van der Waals surface area (Å²) in [5, 5.41) is 19.7. The number of aliphatic imine (C=N–C) groups is 1. The van der Waals surface area contributed by atoms with Gasteiger partial charge in [-0.3, -0.25) is 4.98 Å². The molecule has 0 saturated heterocycles.